The lowest BCUT2D eigenvalue weighted by molar-refractivity contribution is 0.414. The summed E-state index contributed by atoms with van der Waals surface area (Å²) in [4.78, 5) is 0. The van der Waals surface area contributed by atoms with Crippen molar-refractivity contribution in [2.75, 3.05) is 7.11 Å². The summed E-state index contributed by atoms with van der Waals surface area (Å²) in [7, 11) is 1.61. The molecule has 78 valence electrons. The van der Waals surface area contributed by atoms with Crippen molar-refractivity contribution in [3.8, 4) is 11.4 Å². The molecule has 0 unspecified atom stereocenters. The number of hydrogen-bond donors (Lipinski definition) is 1. The first kappa shape index (κ1) is 10.3. The molecule has 0 spiro atoms. The van der Waals surface area contributed by atoms with Gasteiger partial charge in [0.25, 0.3) is 0 Å². The maximum Gasteiger partial charge on any atom is 0.242 e. The van der Waals surface area contributed by atoms with Gasteiger partial charge < -0.3 is 4.74 Å². The number of halogens is 1. The zero-order valence-corrected chi connectivity index (χ0v) is 10.2. The molecular weight excluding hydrogens is 280 g/mol. The molecule has 0 aliphatic rings. The van der Waals surface area contributed by atoms with Crippen LogP contribution in [0.3, 0.4) is 0 Å². The summed E-state index contributed by atoms with van der Waals surface area (Å²) in [6.45, 7) is 0. The zero-order chi connectivity index (χ0) is 10.8. The molecule has 0 bridgehead atoms. The highest BCUT2D eigenvalue weighted by Gasteiger charge is 2.06. The third-order valence-corrected chi connectivity index (χ3v) is 2.80. The molecule has 2 rings (SSSR count). The van der Waals surface area contributed by atoms with Crippen molar-refractivity contribution in [2.45, 2.75) is 0 Å². The van der Waals surface area contributed by atoms with Gasteiger partial charge in [0.1, 0.15) is 5.75 Å². The van der Waals surface area contributed by atoms with Crippen LogP contribution in [0.25, 0.3) is 5.69 Å². The molecule has 1 aromatic heterocycles. The van der Waals surface area contributed by atoms with Gasteiger partial charge >= 0.3 is 0 Å². The predicted molar refractivity (Wildman–Crippen MR) is 60.8 cm³/mol. The molecule has 0 saturated heterocycles. The Kier molecular flexibility index (Phi) is 2.83. The van der Waals surface area contributed by atoms with E-state index in [9.17, 15) is 0 Å². The number of methoxy groups -OCH3 is 1. The lowest BCUT2D eigenvalue weighted by Gasteiger charge is -2.06. The van der Waals surface area contributed by atoms with Crippen LogP contribution < -0.4 is 4.74 Å². The van der Waals surface area contributed by atoms with Crippen molar-refractivity contribution in [1.82, 2.24) is 20.2 Å². The van der Waals surface area contributed by atoms with Gasteiger partial charge in [0.05, 0.1) is 12.8 Å². The fraction of sp³-hybridized carbons (Fsp3) is 0.125. The fourth-order valence-electron chi connectivity index (χ4n) is 1.15. The van der Waals surface area contributed by atoms with Gasteiger partial charge in [-0.05, 0) is 40.3 Å². The highest BCUT2D eigenvalue weighted by molar-refractivity contribution is 9.10. The molecule has 0 fully saturated rings. The van der Waals surface area contributed by atoms with Crippen molar-refractivity contribution in [3.63, 3.8) is 0 Å². The van der Waals surface area contributed by atoms with E-state index in [0.717, 1.165) is 15.9 Å². The summed E-state index contributed by atoms with van der Waals surface area (Å²) in [6.07, 6.45) is 0. The van der Waals surface area contributed by atoms with Gasteiger partial charge in [0.2, 0.25) is 4.77 Å². The Balaban J connectivity index is 2.62. The number of nitrogens with one attached hydrogen (secondary N) is 1. The molecule has 0 radical (unpaired) electrons. The maximum atomic E-state index is 5.12. The second kappa shape index (κ2) is 4.11. The normalized spacial score (nSPS) is 10.3. The van der Waals surface area contributed by atoms with Gasteiger partial charge in [-0.2, -0.15) is 5.21 Å². The highest BCUT2D eigenvalue weighted by atomic mass is 79.9. The van der Waals surface area contributed by atoms with Crippen LogP contribution in [0.2, 0.25) is 0 Å². The quantitative estimate of drug-likeness (QED) is 0.859. The van der Waals surface area contributed by atoms with Crippen molar-refractivity contribution in [3.05, 3.63) is 27.4 Å². The minimum atomic E-state index is 0.365. The molecule has 0 atom stereocenters. The van der Waals surface area contributed by atoms with Crippen molar-refractivity contribution in [2.24, 2.45) is 0 Å². The lowest BCUT2D eigenvalue weighted by atomic mass is 10.3. The molecular formula is C8H7BrN4OS. The number of hydrogen-bond acceptors (Lipinski definition) is 4. The Morgan fingerprint density at radius 2 is 2.33 bits per heavy atom. The molecule has 0 amide bonds. The van der Waals surface area contributed by atoms with E-state index in [2.05, 4.69) is 31.5 Å². The van der Waals surface area contributed by atoms with Gasteiger partial charge in [-0.3, -0.25) is 0 Å². The van der Waals surface area contributed by atoms with E-state index in [1.54, 1.807) is 11.8 Å². The summed E-state index contributed by atoms with van der Waals surface area (Å²) in [5.74, 6) is 0.740. The van der Waals surface area contributed by atoms with Gasteiger partial charge in [0.15, 0.2) is 0 Å². The molecule has 7 heteroatoms. The molecule has 1 N–H and O–H groups in total. The highest BCUT2D eigenvalue weighted by Crippen LogP contribution is 2.25. The van der Waals surface area contributed by atoms with Crippen LogP contribution in [0.15, 0.2) is 22.7 Å². The Bertz CT molecular complexity index is 535. The monoisotopic (exact) mass is 286 g/mol. The third kappa shape index (κ3) is 1.93. The van der Waals surface area contributed by atoms with Crippen LogP contribution >= 0.6 is 28.1 Å². The first-order valence-corrected chi connectivity index (χ1v) is 5.26. The number of aromatic nitrogens is 4. The Morgan fingerprint density at radius 3 is 2.93 bits per heavy atom. The minimum absolute atomic E-state index is 0.365. The SMILES string of the molecule is COc1ccc(Br)c(-n2[nH]nnc2=S)c1. The minimum Gasteiger partial charge on any atom is -0.497 e. The first-order valence-electron chi connectivity index (χ1n) is 4.06. The summed E-state index contributed by atoms with van der Waals surface area (Å²) >= 11 is 8.42. The average molecular weight is 287 g/mol. The molecule has 0 aliphatic heterocycles. The Hall–Kier alpha value is -1.21. The van der Waals surface area contributed by atoms with E-state index in [-0.39, 0.29) is 0 Å². The van der Waals surface area contributed by atoms with Crippen molar-refractivity contribution < 1.29 is 4.74 Å². The number of H-pyrrole nitrogens is 1. The second-order valence-corrected chi connectivity index (χ2v) is 3.95. The number of nitrogens with zero attached hydrogens (tertiary/aromatic N) is 3. The van der Waals surface area contributed by atoms with Gasteiger partial charge in [-0.25, -0.2) is 4.68 Å². The second-order valence-electron chi connectivity index (χ2n) is 2.74. The molecule has 2 aromatic rings. The smallest absolute Gasteiger partial charge is 0.242 e. The molecule has 5 nitrogen and oxygen atoms in total. The Labute approximate surface area is 99.2 Å². The molecule has 0 aliphatic carbocycles. The third-order valence-electron chi connectivity index (χ3n) is 1.87. The lowest BCUT2D eigenvalue weighted by Crippen LogP contribution is -1.98. The topological polar surface area (TPSA) is 55.7 Å². The number of ether oxygens (including phenoxy) is 1. The van der Waals surface area contributed by atoms with Crippen LogP contribution in [0.4, 0.5) is 0 Å². The van der Waals surface area contributed by atoms with E-state index in [1.807, 2.05) is 18.2 Å². The van der Waals surface area contributed by atoms with E-state index >= 15 is 0 Å². The number of rotatable bonds is 2. The number of aromatic amines is 1. The maximum absolute atomic E-state index is 5.12. The van der Waals surface area contributed by atoms with Crippen LogP contribution in [0.5, 0.6) is 5.75 Å². The fourth-order valence-corrected chi connectivity index (χ4v) is 1.75. The van der Waals surface area contributed by atoms with Crippen LogP contribution in [0.1, 0.15) is 0 Å². The van der Waals surface area contributed by atoms with Gasteiger partial charge in [-0.15, -0.1) is 0 Å². The molecule has 1 heterocycles. The van der Waals surface area contributed by atoms with E-state index in [0.29, 0.717) is 4.77 Å². The van der Waals surface area contributed by atoms with Gasteiger partial charge in [0, 0.05) is 10.5 Å². The summed E-state index contributed by atoms with van der Waals surface area (Å²) < 4.78 is 7.95. The summed E-state index contributed by atoms with van der Waals surface area (Å²) in [6, 6.07) is 5.55. The standard InChI is InChI=1S/C8H7BrN4OS/c1-14-5-2-3-6(9)7(4-5)13-8(15)10-11-12-13/h2-4H,1H3,(H,10,12,15). The zero-order valence-electron chi connectivity index (χ0n) is 7.77. The van der Waals surface area contributed by atoms with Crippen LogP contribution in [-0.4, -0.2) is 27.3 Å². The van der Waals surface area contributed by atoms with Crippen LogP contribution in [-0.2, 0) is 0 Å². The van der Waals surface area contributed by atoms with E-state index in [1.165, 1.54) is 0 Å². The average Bonchev–Trinajstić information content (AvgIpc) is 2.65. The Morgan fingerprint density at radius 1 is 1.53 bits per heavy atom. The number of benzene rings is 1. The summed E-state index contributed by atoms with van der Waals surface area (Å²) in [5, 5.41) is 10.00. The van der Waals surface area contributed by atoms with Gasteiger partial charge in [-0.1, -0.05) is 10.3 Å². The predicted octanol–water partition coefficient (Wildman–Crippen LogP) is 2.10. The van der Waals surface area contributed by atoms with E-state index < -0.39 is 0 Å². The largest absolute Gasteiger partial charge is 0.497 e. The molecule has 1 aromatic carbocycles. The summed E-state index contributed by atoms with van der Waals surface area (Å²) in [5.41, 5.74) is 0.810. The van der Waals surface area contributed by atoms with E-state index in [4.69, 9.17) is 17.0 Å². The molecule has 0 saturated carbocycles. The first-order chi connectivity index (χ1) is 7.22. The molecule has 15 heavy (non-hydrogen) atoms. The number of tetrazole rings is 1. The van der Waals surface area contributed by atoms with Crippen LogP contribution in [0, 0.1) is 4.77 Å². The van der Waals surface area contributed by atoms with Crippen molar-refractivity contribution >= 4 is 28.1 Å². The van der Waals surface area contributed by atoms with Crippen molar-refractivity contribution in [1.29, 1.82) is 0 Å².